The highest BCUT2D eigenvalue weighted by Crippen LogP contribution is 2.28. The van der Waals surface area contributed by atoms with Crippen LogP contribution in [-0.4, -0.2) is 34.1 Å². The van der Waals surface area contributed by atoms with Gasteiger partial charge in [-0.2, -0.15) is 0 Å². The lowest BCUT2D eigenvalue weighted by Crippen LogP contribution is -2.35. The number of likely N-dealkylation sites (tertiary alicyclic amines) is 1. The molecule has 0 spiro atoms. The second kappa shape index (κ2) is 7.58. The van der Waals surface area contributed by atoms with Gasteiger partial charge in [0.25, 0.3) is 0 Å². The van der Waals surface area contributed by atoms with Crippen LogP contribution in [0.1, 0.15) is 43.7 Å². The van der Waals surface area contributed by atoms with E-state index in [2.05, 4.69) is 51.7 Å². The molecule has 0 bridgehead atoms. The lowest BCUT2D eigenvalue weighted by atomic mass is 9.97. The normalized spacial score (nSPS) is 17.6. The minimum Gasteiger partial charge on any atom is -0.327 e. The molecule has 1 fully saturated rings. The highest BCUT2D eigenvalue weighted by Gasteiger charge is 2.22. The zero-order valence-corrected chi connectivity index (χ0v) is 15.3. The van der Waals surface area contributed by atoms with Crippen LogP contribution >= 0.6 is 0 Å². The van der Waals surface area contributed by atoms with Crippen LogP contribution in [0, 0.1) is 5.82 Å². The van der Waals surface area contributed by atoms with Gasteiger partial charge < -0.3 is 9.47 Å². The Morgan fingerprint density at radius 3 is 2.65 bits per heavy atom. The fraction of sp³-hybridized carbons (Fsp3) is 0.409. The Kier molecular flexibility index (Phi) is 5.02. The molecular weight excluding hydrogens is 325 g/mol. The third-order valence-corrected chi connectivity index (χ3v) is 5.73. The van der Waals surface area contributed by atoms with E-state index in [0.29, 0.717) is 12.0 Å². The van der Waals surface area contributed by atoms with Gasteiger partial charge in [0.05, 0.1) is 17.4 Å². The predicted molar refractivity (Wildman–Crippen MR) is 104 cm³/mol. The van der Waals surface area contributed by atoms with E-state index >= 15 is 0 Å². The number of benzene rings is 2. The summed E-state index contributed by atoms with van der Waals surface area (Å²) in [5, 5.41) is 0. The van der Waals surface area contributed by atoms with Gasteiger partial charge in [0, 0.05) is 19.1 Å². The van der Waals surface area contributed by atoms with Gasteiger partial charge in [-0.15, -0.1) is 0 Å². The fourth-order valence-corrected chi connectivity index (χ4v) is 4.04. The van der Waals surface area contributed by atoms with Crippen LogP contribution in [0.5, 0.6) is 0 Å². The summed E-state index contributed by atoms with van der Waals surface area (Å²) >= 11 is 0. The molecular formula is C22H26FN3. The molecule has 136 valence electrons. The topological polar surface area (TPSA) is 21.1 Å². The molecule has 1 atom stereocenters. The summed E-state index contributed by atoms with van der Waals surface area (Å²) in [7, 11) is 0. The summed E-state index contributed by atoms with van der Waals surface area (Å²) in [5.74, 6) is 0.404. The van der Waals surface area contributed by atoms with E-state index in [1.54, 1.807) is 12.1 Å². The van der Waals surface area contributed by atoms with Gasteiger partial charge in [-0.25, -0.2) is 9.37 Å². The molecule has 3 aromatic rings. The number of fused-ring (bicyclic) bond motifs is 1. The molecule has 0 aliphatic carbocycles. The Hall–Kier alpha value is -2.20. The summed E-state index contributed by atoms with van der Waals surface area (Å²) in [6, 6.07) is 16.0. The number of hydrogen-bond donors (Lipinski definition) is 0. The van der Waals surface area contributed by atoms with E-state index in [-0.39, 0.29) is 5.82 Å². The van der Waals surface area contributed by atoms with Crippen LogP contribution in [0.4, 0.5) is 4.39 Å². The molecule has 1 aromatic heterocycles. The number of imidazole rings is 1. The second-order valence-corrected chi connectivity index (χ2v) is 7.46. The van der Waals surface area contributed by atoms with Crippen LogP contribution < -0.4 is 0 Å². The molecule has 1 saturated heterocycles. The van der Waals surface area contributed by atoms with Gasteiger partial charge in [-0.3, -0.25) is 0 Å². The van der Waals surface area contributed by atoms with Crippen molar-refractivity contribution in [2.24, 2.45) is 0 Å². The zero-order chi connectivity index (χ0) is 17.9. The predicted octanol–water partition coefficient (Wildman–Crippen LogP) is 5.01. The molecule has 0 amide bonds. The molecule has 1 unspecified atom stereocenters. The molecule has 3 nitrogen and oxygen atoms in total. The maximum atomic E-state index is 13.6. The molecule has 0 saturated carbocycles. The number of piperidine rings is 1. The van der Waals surface area contributed by atoms with E-state index < -0.39 is 0 Å². The maximum absolute atomic E-state index is 13.6. The molecule has 1 aliphatic rings. The zero-order valence-electron chi connectivity index (χ0n) is 15.3. The Morgan fingerprint density at radius 1 is 1.12 bits per heavy atom. The third kappa shape index (κ3) is 3.65. The summed E-state index contributed by atoms with van der Waals surface area (Å²) in [6.45, 7) is 5.65. The van der Waals surface area contributed by atoms with Gasteiger partial charge in [0.2, 0.25) is 0 Å². The van der Waals surface area contributed by atoms with Crippen LogP contribution in [0.25, 0.3) is 11.0 Å². The standard InChI is InChI=1S/C22H26FN3/c1-17(18-5-3-2-4-6-18)9-12-25-13-10-20(11-14-25)26-16-24-21-8-7-19(23)15-22(21)26/h2-8,15-17,20H,9-14H2,1H3. The smallest absolute Gasteiger partial charge is 0.125 e. The Morgan fingerprint density at radius 2 is 1.88 bits per heavy atom. The molecule has 1 aliphatic heterocycles. The largest absolute Gasteiger partial charge is 0.327 e. The number of halogens is 1. The second-order valence-electron chi connectivity index (χ2n) is 7.46. The van der Waals surface area contributed by atoms with Crippen molar-refractivity contribution in [3.8, 4) is 0 Å². The van der Waals surface area contributed by atoms with Gasteiger partial charge in [0.15, 0.2) is 0 Å². The van der Waals surface area contributed by atoms with E-state index in [9.17, 15) is 4.39 Å². The monoisotopic (exact) mass is 351 g/mol. The minimum absolute atomic E-state index is 0.188. The van der Waals surface area contributed by atoms with Crippen molar-refractivity contribution in [1.82, 2.24) is 14.5 Å². The van der Waals surface area contributed by atoms with Crippen LogP contribution in [0.3, 0.4) is 0 Å². The SMILES string of the molecule is CC(CCN1CCC(n2cnc3ccc(F)cc32)CC1)c1ccccc1. The number of hydrogen-bond acceptors (Lipinski definition) is 2. The van der Waals surface area contributed by atoms with Gasteiger partial charge in [0.1, 0.15) is 5.82 Å². The summed E-state index contributed by atoms with van der Waals surface area (Å²) in [6.07, 6.45) is 5.26. The molecule has 2 aromatic carbocycles. The first kappa shape index (κ1) is 17.2. The average Bonchev–Trinajstić information content (AvgIpc) is 3.10. The molecule has 4 heteroatoms. The lowest BCUT2D eigenvalue weighted by molar-refractivity contribution is 0.184. The van der Waals surface area contributed by atoms with Crippen LogP contribution in [-0.2, 0) is 0 Å². The van der Waals surface area contributed by atoms with Gasteiger partial charge in [-0.1, -0.05) is 37.3 Å². The van der Waals surface area contributed by atoms with E-state index in [1.807, 2.05) is 6.33 Å². The Labute approximate surface area is 154 Å². The van der Waals surface area contributed by atoms with Crippen molar-refractivity contribution in [2.75, 3.05) is 19.6 Å². The first-order chi connectivity index (χ1) is 12.7. The molecule has 0 radical (unpaired) electrons. The van der Waals surface area contributed by atoms with E-state index in [4.69, 9.17) is 0 Å². The van der Waals surface area contributed by atoms with Gasteiger partial charge in [-0.05, 0) is 55.5 Å². The summed E-state index contributed by atoms with van der Waals surface area (Å²) in [5.41, 5.74) is 3.22. The first-order valence-corrected chi connectivity index (χ1v) is 9.60. The summed E-state index contributed by atoms with van der Waals surface area (Å²) < 4.78 is 15.8. The molecule has 26 heavy (non-hydrogen) atoms. The van der Waals surface area contributed by atoms with Crippen molar-refractivity contribution < 1.29 is 4.39 Å². The minimum atomic E-state index is -0.188. The molecule has 2 heterocycles. The fourth-order valence-electron chi connectivity index (χ4n) is 4.04. The van der Waals surface area contributed by atoms with Crippen molar-refractivity contribution in [1.29, 1.82) is 0 Å². The Bertz CT molecular complexity index is 850. The Balaban J connectivity index is 1.33. The van der Waals surface area contributed by atoms with E-state index in [0.717, 1.165) is 43.5 Å². The first-order valence-electron chi connectivity index (χ1n) is 9.60. The average molecular weight is 351 g/mol. The quantitative estimate of drug-likeness (QED) is 0.644. The lowest BCUT2D eigenvalue weighted by Gasteiger charge is -2.33. The number of rotatable bonds is 5. The maximum Gasteiger partial charge on any atom is 0.125 e. The summed E-state index contributed by atoms with van der Waals surface area (Å²) in [4.78, 5) is 6.99. The highest BCUT2D eigenvalue weighted by atomic mass is 19.1. The van der Waals surface area contributed by atoms with E-state index in [1.165, 1.54) is 18.1 Å². The number of nitrogens with zero attached hydrogens (tertiary/aromatic N) is 3. The van der Waals surface area contributed by atoms with Crippen molar-refractivity contribution in [3.05, 3.63) is 66.2 Å². The van der Waals surface area contributed by atoms with Crippen LogP contribution in [0.15, 0.2) is 54.9 Å². The third-order valence-electron chi connectivity index (χ3n) is 5.73. The van der Waals surface area contributed by atoms with Crippen molar-refractivity contribution in [3.63, 3.8) is 0 Å². The highest BCUT2D eigenvalue weighted by molar-refractivity contribution is 5.75. The van der Waals surface area contributed by atoms with Crippen LogP contribution in [0.2, 0.25) is 0 Å². The molecule has 4 rings (SSSR count). The van der Waals surface area contributed by atoms with Crippen molar-refractivity contribution in [2.45, 2.75) is 38.1 Å². The number of aromatic nitrogens is 2. The molecule has 0 N–H and O–H groups in total. The van der Waals surface area contributed by atoms with Gasteiger partial charge >= 0.3 is 0 Å². The van der Waals surface area contributed by atoms with Crippen molar-refractivity contribution >= 4 is 11.0 Å².